The number of nitrogens with two attached hydrogens (primary N) is 1. The Morgan fingerprint density at radius 1 is 1.91 bits per heavy atom. The van der Waals surface area contributed by atoms with Crippen LogP contribution in [0.15, 0.2) is 29.3 Å². The maximum atomic E-state index is 5.78. The van der Waals surface area contributed by atoms with Crippen molar-refractivity contribution in [1.82, 2.24) is 0 Å². The Morgan fingerprint density at radius 2 is 2.55 bits per heavy atom. The number of nitrogens with zero attached hydrogens (tertiary/aromatic N) is 1. The Morgan fingerprint density at radius 3 is 3.00 bits per heavy atom. The molecular weight excluding hydrogens is 160 g/mol. The fourth-order valence-electron chi connectivity index (χ4n) is 0.846. The highest BCUT2D eigenvalue weighted by Crippen LogP contribution is 2.21. The van der Waals surface area contributed by atoms with Crippen molar-refractivity contribution in [2.75, 3.05) is 0 Å². The molecule has 60 valence electrons. The number of rotatable bonds is 1. The minimum absolute atomic E-state index is 0.485. The predicted octanol–water partition coefficient (Wildman–Crippen LogP) is 1.81. The monoisotopic (exact) mass is 170 g/mol. The van der Waals surface area contributed by atoms with E-state index in [9.17, 15) is 0 Å². The van der Waals surface area contributed by atoms with Gasteiger partial charge in [0.1, 0.15) is 10.8 Å². The van der Waals surface area contributed by atoms with Crippen molar-refractivity contribution in [2.24, 2.45) is 10.7 Å². The van der Waals surface area contributed by atoms with Crippen LogP contribution in [0.1, 0.15) is 13.3 Å². The van der Waals surface area contributed by atoms with Crippen molar-refractivity contribution in [3.63, 3.8) is 0 Å². The van der Waals surface area contributed by atoms with E-state index in [2.05, 4.69) is 11.6 Å². The number of hydrogen-bond donors (Lipinski definition) is 1. The van der Waals surface area contributed by atoms with Crippen molar-refractivity contribution >= 4 is 16.8 Å². The van der Waals surface area contributed by atoms with Crippen LogP contribution in [-0.2, 0) is 0 Å². The van der Waals surface area contributed by atoms with Gasteiger partial charge in [0.15, 0.2) is 0 Å². The first-order valence-corrected chi connectivity index (χ1v) is 3.80. The van der Waals surface area contributed by atoms with E-state index in [1.54, 1.807) is 6.08 Å². The average Bonchev–Trinajstić information content (AvgIpc) is 1.98. The van der Waals surface area contributed by atoms with E-state index < -0.39 is 5.66 Å². The lowest BCUT2D eigenvalue weighted by molar-refractivity contribution is 0.561. The normalized spacial score (nSPS) is 30.8. The van der Waals surface area contributed by atoms with Crippen molar-refractivity contribution in [1.29, 1.82) is 0 Å². The van der Waals surface area contributed by atoms with Gasteiger partial charge in [-0.3, -0.25) is 0 Å². The molecule has 1 rings (SSSR count). The van der Waals surface area contributed by atoms with Crippen LogP contribution in [0.4, 0.5) is 0 Å². The molecule has 1 atom stereocenters. The fraction of sp³-hybridized carbons (Fsp3) is 0.375. The van der Waals surface area contributed by atoms with Gasteiger partial charge in [-0.1, -0.05) is 24.3 Å². The molecule has 0 aromatic rings. The molecule has 0 amide bonds. The second-order valence-electron chi connectivity index (χ2n) is 2.69. The molecule has 0 fully saturated rings. The third-order valence-corrected chi connectivity index (χ3v) is 2.10. The molecule has 1 unspecified atom stereocenters. The standard InChI is InChI=1S/C8H11ClN2/c1-3-8(10)5-4-6(2)7(9)11-8/h3-4H,1,5,10H2,2H3. The Bertz CT molecular complexity index is 242. The maximum Gasteiger partial charge on any atom is 0.131 e. The summed E-state index contributed by atoms with van der Waals surface area (Å²) in [5, 5.41) is 0.485. The molecule has 1 aliphatic rings. The Balaban J connectivity index is 2.93. The molecule has 0 aliphatic carbocycles. The topological polar surface area (TPSA) is 38.4 Å². The lowest BCUT2D eigenvalue weighted by Crippen LogP contribution is -2.37. The summed E-state index contributed by atoms with van der Waals surface area (Å²) in [6.45, 7) is 5.51. The summed E-state index contributed by atoms with van der Waals surface area (Å²) >= 11 is 5.78. The smallest absolute Gasteiger partial charge is 0.131 e. The lowest BCUT2D eigenvalue weighted by Gasteiger charge is -2.23. The minimum Gasteiger partial charge on any atom is -0.304 e. The summed E-state index contributed by atoms with van der Waals surface area (Å²) in [4.78, 5) is 4.09. The van der Waals surface area contributed by atoms with E-state index in [4.69, 9.17) is 17.3 Å². The molecule has 0 radical (unpaired) electrons. The quantitative estimate of drug-likeness (QED) is 0.599. The summed E-state index contributed by atoms with van der Waals surface area (Å²) in [5.74, 6) is 0. The van der Waals surface area contributed by atoms with Crippen LogP contribution in [0.3, 0.4) is 0 Å². The van der Waals surface area contributed by atoms with Gasteiger partial charge in [0.2, 0.25) is 0 Å². The predicted molar refractivity (Wildman–Crippen MR) is 48.8 cm³/mol. The van der Waals surface area contributed by atoms with E-state index in [0.717, 1.165) is 5.57 Å². The highest BCUT2D eigenvalue weighted by atomic mass is 35.5. The molecule has 1 heterocycles. The number of allylic oxidation sites excluding steroid dienone is 1. The summed E-state index contributed by atoms with van der Waals surface area (Å²) in [7, 11) is 0. The molecular formula is C8H11ClN2. The third-order valence-electron chi connectivity index (χ3n) is 1.72. The van der Waals surface area contributed by atoms with Crippen molar-refractivity contribution in [3.8, 4) is 0 Å². The van der Waals surface area contributed by atoms with E-state index in [-0.39, 0.29) is 0 Å². The van der Waals surface area contributed by atoms with Gasteiger partial charge in [0.05, 0.1) is 0 Å². The van der Waals surface area contributed by atoms with Gasteiger partial charge in [0.25, 0.3) is 0 Å². The van der Waals surface area contributed by atoms with Crippen LogP contribution in [0.2, 0.25) is 0 Å². The Labute approximate surface area is 71.4 Å². The van der Waals surface area contributed by atoms with Gasteiger partial charge in [-0.15, -0.1) is 0 Å². The lowest BCUT2D eigenvalue weighted by atomic mass is 10.0. The molecule has 0 bridgehead atoms. The average molecular weight is 171 g/mol. The first-order valence-electron chi connectivity index (χ1n) is 3.42. The van der Waals surface area contributed by atoms with Crippen molar-refractivity contribution < 1.29 is 0 Å². The maximum absolute atomic E-state index is 5.78. The molecule has 0 spiro atoms. The van der Waals surface area contributed by atoms with Crippen LogP contribution in [0.25, 0.3) is 0 Å². The number of halogens is 1. The first-order chi connectivity index (χ1) is 5.07. The molecule has 3 heteroatoms. The summed E-state index contributed by atoms with van der Waals surface area (Å²) in [6, 6.07) is 0. The zero-order valence-corrected chi connectivity index (χ0v) is 7.23. The Hall–Kier alpha value is -0.600. The van der Waals surface area contributed by atoms with E-state index in [1.807, 2.05) is 13.0 Å². The molecule has 0 aromatic heterocycles. The summed E-state index contributed by atoms with van der Waals surface area (Å²) < 4.78 is 0. The van der Waals surface area contributed by atoms with E-state index in [0.29, 0.717) is 11.6 Å². The first kappa shape index (κ1) is 8.50. The van der Waals surface area contributed by atoms with Gasteiger partial charge < -0.3 is 5.73 Å². The second-order valence-corrected chi connectivity index (χ2v) is 3.05. The summed E-state index contributed by atoms with van der Waals surface area (Å²) in [5.41, 5.74) is 6.07. The van der Waals surface area contributed by atoms with E-state index >= 15 is 0 Å². The molecule has 0 saturated carbocycles. The highest BCUT2D eigenvalue weighted by Gasteiger charge is 2.22. The van der Waals surface area contributed by atoms with Gasteiger partial charge in [-0.2, -0.15) is 0 Å². The van der Waals surface area contributed by atoms with Crippen molar-refractivity contribution in [3.05, 3.63) is 24.3 Å². The van der Waals surface area contributed by atoms with Crippen LogP contribution in [0, 0.1) is 0 Å². The van der Waals surface area contributed by atoms with Crippen LogP contribution < -0.4 is 5.73 Å². The molecule has 2 N–H and O–H groups in total. The van der Waals surface area contributed by atoms with Crippen LogP contribution >= 0.6 is 11.6 Å². The molecule has 0 saturated heterocycles. The number of aliphatic imine (C=N–C) groups is 1. The van der Waals surface area contributed by atoms with Gasteiger partial charge in [0, 0.05) is 6.42 Å². The zero-order chi connectivity index (χ0) is 8.48. The molecule has 0 aromatic carbocycles. The van der Waals surface area contributed by atoms with Crippen LogP contribution in [-0.4, -0.2) is 10.8 Å². The summed E-state index contributed by atoms with van der Waals surface area (Å²) in [6.07, 6.45) is 4.26. The number of hydrogen-bond acceptors (Lipinski definition) is 2. The Kier molecular flexibility index (Phi) is 2.16. The van der Waals surface area contributed by atoms with Crippen molar-refractivity contribution in [2.45, 2.75) is 19.0 Å². The van der Waals surface area contributed by atoms with Crippen LogP contribution in [0.5, 0.6) is 0 Å². The fourth-order valence-corrected chi connectivity index (χ4v) is 1.08. The molecule has 1 aliphatic heterocycles. The SMILES string of the molecule is C=CC1(N)CC=C(C)C(Cl)=N1. The molecule has 2 nitrogen and oxygen atoms in total. The largest absolute Gasteiger partial charge is 0.304 e. The van der Waals surface area contributed by atoms with Gasteiger partial charge in [-0.05, 0) is 18.6 Å². The number of dihydropyridines is 1. The van der Waals surface area contributed by atoms with Gasteiger partial charge in [-0.25, -0.2) is 4.99 Å². The zero-order valence-electron chi connectivity index (χ0n) is 6.47. The second kappa shape index (κ2) is 2.80. The third kappa shape index (κ3) is 1.70. The van der Waals surface area contributed by atoms with Gasteiger partial charge >= 0.3 is 0 Å². The minimum atomic E-state index is -0.684. The highest BCUT2D eigenvalue weighted by molar-refractivity contribution is 6.69. The van der Waals surface area contributed by atoms with E-state index in [1.165, 1.54) is 0 Å². The molecule has 11 heavy (non-hydrogen) atoms.